The number of ether oxygens (including phenoxy) is 1. The molecule has 1 heterocycles. The Morgan fingerprint density at radius 2 is 1.97 bits per heavy atom. The van der Waals surface area contributed by atoms with Crippen LogP contribution in [0.4, 0.5) is 0 Å². The highest BCUT2D eigenvalue weighted by atomic mass is 16.5. The predicted molar refractivity (Wildman–Crippen MR) is 114 cm³/mol. The van der Waals surface area contributed by atoms with E-state index < -0.39 is 0 Å². The molecule has 2 aromatic rings. The molecule has 2 aromatic carbocycles. The van der Waals surface area contributed by atoms with Crippen LogP contribution in [0.1, 0.15) is 21.5 Å². The van der Waals surface area contributed by atoms with Crippen molar-refractivity contribution in [2.75, 3.05) is 40.3 Å². The maximum atomic E-state index is 13.5. The SMILES string of the molecule is C#C/C=C1/C(=O)N(CCN(C)CCN)C(=O)c2c1c(COC)cc1ccccc21. The van der Waals surface area contributed by atoms with Gasteiger partial charge < -0.3 is 15.4 Å². The number of likely N-dealkylation sites (N-methyl/N-ethyl adjacent to an activating group) is 1. The van der Waals surface area contributed by atoms with E-state index in [1.54, 1.807) is 7.11 Å². The van der Waals surface area contributed by atoms with Gasteiger partial charge in [-0.1, -0.05) is 30.2 Å². The van der Waals surface area contributed by atoms with E-state index in [1.807, 2.05) is 42.3 Å². The summed E-state index contributed by atoms with van der Waals surface area (Å²) in [5.41, 5.74) is 7.78. The molecular weight excluding hydrogens is 366 g/mol. The summed E-state index contributed by atoms with van der Waals surface area (Å²) in [4.78, 5) is 29.9. The Labute approximate surface area is 170 Å². The summed E-state index contributed by atoms with van der Waals surface area (Å²) in [5, 5.41) is 1.71. The van der Waals surface area contributed by atoms with Gasteiger partial charge >= 0.3 is 0 Å². The number of carbonyl (C=O) groups excluding carboxylic acids is 2. The van der Waals surface area contributed by atoms with Gasteiger partial charge in [-0.15, -0.1) is 6.42 Å². The molecule has 150 valence electrons. The molecule has 0 fully saturated rings. The second-order valence-corrected chi connectivity index (χ2v) is 7.02. The smallest absolute Gasteiger partial charge is 0.262 e. The third-order valence-corrected chi connectivity index (χ3v) is 5.08. The molecule has 0 radical (unpaired) electrons. The van der Waals surface area contributed by atoms with Crippen molar-refractivity contribution in [2.45, 2.75) is 6.61 Å². The van der Waals surface area contributed by atoms with E-state index in [2.05, 4.69) is 5.92 Å². The highest BCUT2D eigenvalue weighted by Gasteiger charge is 2.37. The van der Waals surface area contributed by atoms with Crippen LogP contribution in [-0.2, 0) is 16.1 Å². The second-order valence-electron chi connectivity index (χ2n) is 7.02. The molecule has 0 aromatic heterocycles. The zero-order chi connectivity index (χ0) is 21.0. The van der Waals surface area contributed by atoms with Crippen LogP contribution < -0.4 is 5.73 Å². The molecule has 0 aliphatic carbocycles. The molecule has 0 saturated carbocycles. The molecule has 2 amide bonds. The minimum Gasteiger partial charge on any atom is -0.380 e. The number of terminal acetylenes is 1. The van der Waals surface area contributed by atoms with Crippen LogP contribution in [0.2, 0.25) is 0 Å². The van der Waals surface area contributed by atoms with Crippen LogP contribution in [0.15, 0.2) is 36.4 Å². The molecule has 6 nitrogen and oxygen atoms in total. The van der Waals surface area contributed by atoms with E-state index in [-0.39, 0.29) is 25.0 Å². The number of rotatable bonds is 7. The summed E-state index contributed by atoms with van der Waals surface area (Å²) >= 11 is 0. The third kappa shape index (κ3) is 3.94. The number of fused-ring (bicyclic) bond motifs is 3. The summed E-state index contributed by atoms with van der Waals surface area (Å²) in [5.74, 6) is 1.77. The van der Waals surface area contributed by atoms with Crippen molar-refractivity contribution < 1.29 is 14.3 Å². The Bertz CT molecular complexity index is 1020. The molecule has 3 rings (SSSR count). The van der Waals surface area contributed by atoms with E-state index in [0.717, 1.165) is 16.3 Å². The first-order valence-corrected chi connectivity index (χ1v) is 9.48. The molecular formula is C23H25N3O3. The zero-order valence-electron chi connectivity index (χ0n) is 16.8. The standard InChI is InChI=1S/C23H25N3O3/c1-4-7-19-20-17(15-29-3)14-16-8-5-6-9-18(16)21(20)23(28)26(22(19)27)13-12-25(2)11-10-24/h1,5-9,14H,10-13,15,24H2,2-3H3/b19-7+. The van der Waals surface area contributed by atoms with Gasteiger partial charge in [0.15, 0.2) is 0 Å². The minimum atomic E-state index is -0.380. The first-order chi connectivity index (χ1) is 14.0. The van der Waals surface area contributed by atoms with Crippen LogP contribution in [-0.4, -0.2) is 62.0 Å². The first kappa shape index (κ1) is 20.7. The van der Waals surface area contributed by atoms with Gasteiger partial charge in [0.05, 0.1) is 17.7 Å². The Hall–Kier alpha value is -2.98. The number of amides is 2. The number of hydrogen-bond donors (Lipinski definition) is 1. The van der Waals surface area contributed by atoms with E-state index in [1.165, 1.54) is 11.0 Å². The fourth-order valence-corrected chi connectivity index (χ4v) is 3.71. The van der Waals surface area contributed by atoms with Gasteiger partial charge in [-0.2, -0.15) is 0 Å². The number of nitrogens with zero attached hydrogens (tertiary/aromatic N) is 2. The fourth-order valence-electron chi connectivity index (χ4n) is 3.71. The molecule has 0 unspecified atom stereocenters. The Morgan fingerprint density at radius 3 is 2.66 bits per heavy atom. The normalized spacial score (nSPS) is 15.3. The monoisotopic (exact) mass is 391 g/mol. The molecule has 0 saturated heterocycles. The Balaban J connectivity index is 2.19. The van der Waals surface area contributed by atoms with Crippen molar-refractivity contribution >= 4 is 28.2 Å². The van der Waals surface area contributed by atoms with Gasteiger partial charge in [0.1, 0.15) is 0 Å². The number of methoxy groups -OCH3 is 1. The average molecular weight is 391 g/mol. The van der Waals surface area contributed by atoms with E-state index in [9.17, 15) is 9.59 Å². The van der Waals surface area contributed by atoms with Gasteiger partial charge in [-0.25, -0.2) is 0 Å². The Kier molecular flexibility index (Phi) is 6.45. The summed E-state index contributed by atoms with van der Waals surface area (Å²) in [6, 6.07) is 9.59. The maximum absolute atomic E-state index is 13.5. The molecule has 0 spiro atoms. The van der Waals surface area contributed by atoms with E-state index >= 15 is 0 Å². The van der Waals surface area contributed by atoms with Gasteiger partial charge in [0.2, 0.25) is 0 Å². The van der Waals surface area contributed by atoms with Gasteiger partial charge in [-0.05, 0) is 29.4 Å². The predicted octanol–water partition coefficient (Wildman–Crippen LogP) is 1.88. The summed E-state index contributed by atoms with van der Waals surface area (Å²) in [7, 11) is 3.49. The Morgan fingerprint density at radius 1 is 1.21 bits per heavy atom. The van der Waals surface area contributed by atoms with Gasteiger partial charge in [0.25, 0.3) is 11.8 Å². The van der Waals surface area contributed by atoms with Gasteiger partial charge in [-0.3, -0.25) is 14.5 Å². The van der Waals surface area contributed by atoms with Crippen LogP contribution in [0.25, 0.3) is 16.3 Å². The number of carbonyl (C=O) groups is 2. The van der Waals surface area contributed by atoms with Crippen molar-refractivity contribution in [2.24, 2.45) is 5.73 Å². The summed E-state index contributed by atoms with van der Waals surface area (Å²) in [6.07, 6.45) is 6.96. The molecule has 0 bridgehead atoms. The number of allylic oxidation sites excluding steroid dienone is 1. The molecule has 1 aliphatic rings. The van der Waals surface area contributed by atoms with Crippen molar-refractivity contribution in [3.63, 3.8) is 0 Å². The van der Waals surface area contributed by atoms with Crippen LogP contribution in [0.3, 0.4) is 0 Å². The molecule has 1 aliphatic heterocycles. The number of benzene rings is 2. The molecule has 0 atom stereocenters. The van der Waals surface area contributed by atoms with E-state index in [0.29, 0.717) is 36.3 Å². The lowest BCUT2D eigenvalue weighted by molar-refractivity contribution is -0.123. The highest BCUT2D eigenvalue weighted by molar-refractivity contribution is 6.34. The highest BCUT2D eigenvalue weighted by Crippen LogP contribution is 2.37. The zero-order valence-corrected chi connectivity index (χ0v) is 16.8. The number of hydrogen-bond acceptors (Lipinski definition) is 5. The van der Waals surface area contributed by atoms with Crippen molar-refractivity contribution in [3.05, 3.63) is 53.1 Å². The molecule has 6 heteroatoms. The molecule has 29 heavy (non-hydrogen) atoms. The summed E-state index contributed by atoms with van der Waals surface area (Å²) in [6.45, 7) is 2.26. The lowest BCUT2D eigenvalue weighted by atomic mass is 9.85. The lowest BCUT2D eigenvalue weighted by Gasteiger charge is -2.32. The maximum Gasteiger partial charge on any atom is 0.262 e. The third-order valence-electron chi connectivity index (χ3n) is 5.08. The number of nitrogens with two attached hydrogens (primary N) is 1. The largest absolute Gasteiger partial charge is 0.380 e. The topological polar surface area (TPSA) is 75.9 Å². The van der Waals surface area contributed by atoms with Crippen molar-refractivity contribution in [1.29, 1.82) is 0 Å². The lowest BCUT2D eigenvalue weighted by Crippen LogP contribution is -2.46. The summed E-state index contributed by atoms with van der Waals surface area (Å²) < 4.78 is 5.34. The molecule has 2 N–H and O–H groups in total. The van der Waals surface area contributed by atoms with Crippen molar-refractivity contribution in [3.8, 4) is 12.3 Å². The first-order valence-electron chi connectivity index (χ1n) is 9.48. The van der Waals surface area contributed by atoms with Crippen molar-refractivity contribution in [1.82, 2.24) is 9.80 Å². The van der Waals surface area contributed by atoms with Gasteiger partial charge in [0, 0.05) is 44.9 Å². The van der Waals surface area contributed by atoms with Crippen LogP contribution in [0.5, 0.6) is 0 Å². The fraction of sp³-hybridized carbons (Fsp3) is 0.304. The second kappa shape index (κ2) is 9.01. The number of imide groups is 1. The average Bonchev–Trinajstić information content (AvgIpc) is 2.71. The van der Waals surface area contributed by atoms with E-state index in [4.69, 9.17) is 16.9 Å². The quantitative estimate of drug-likeness (QED) is 0.443. The minimum absolute atomic E-state index is 0.262. The van der Waals surface area contributed by atoms with Crippen LogP contribution in [0, 0.1) is 12.3 Å². The van der Waals surface area contributed by atoms with Crippen LogP contribution >= 0.6 is 0 Å².